The van der Waals surface area contributed by atoms with Gasteiger partial charge in [0.1, 0.15) is 0 Å². The molecule has 0 spiro atoms. The van der Waals surface area contributed by atoms with Crippen LogP contribution in [0.3, 0.4) is 0 Å². The first-order chi connectivity index (χ1) is 20.4. The van der Waals surface area contributed by atoms with Gasteiger partial charge in [-0.1, -0.05) is 36.4 Å². The summed E-state index contributed by atoms with van der Waals surface area (Å²) in [7, 11) is -1.73. The number of aromatic nitrogens is 1. The summed E-state index contributed by atoms with van der Waals surface area (Å²) < 4.78 is 29.1. The summed E-state index contributed by atoms with van der Waals surface area (Å²) in [5.74, 6) is -0.304. The molecule has 214 valence electrons. The minimum absolute atomic E-state index is 0.0566. The minimum Gasteiger partial charge on any atom is -0.369 e. The zero-order valence-electron chi connectivity index (χ0n) is 23.2. The van der Waals surface area contributed by atoms with Crippen LogP contribution in [-0.4, -0.2) is 57.4 Å². The molecule has 0 aliphatic carbocycles. The largest absolute Gasteiger partial charge is 0.369 e. The number of sulfonamides is 1. The molecule has 3 heterocycles. The van der Waals surface area contributed by atoms with E-state index in [4.69, 9.17) is 0 Å². The van der Waals surface area contributed by atoms with Gasteiger partial charge in [-0.2, -0.15) is 0 Å². The van der Waals surface area contributed by atoms with Crippen LogP contribution in [0.4, 0.5) is 17.1 Å². The van der Waals surface area contributed by atoms with Crippen molar-refractivity contribution >= 4 is 44.3 Å². The predicted molar refractivity (Wildman–Crippen MR) is 166 cm³/mol. The first-order valence-electron chi connectivity index (χ1n) is 13.8. The minimum atomic E-state index is -3.87. The lowest BCUT2D eigenvalue weighted by molar-refractivity contribution is -0.110. The highest BCUT2D eigenvalue weighted by Gasteiger charge is 2.30. The number of anilines is 3. The van der Waals surface area contributed by atoms with E-state index >= 15 is 0 Å². The molecule has 3 aromatic carbocycles. The number of hydrogen-bond donors (Lipinski definition) is 3. The third-order valence-electron chi connectivity index (χ3n) is 7.53. The fourth-order valence-corrected chi connectivity index (χ4v) is 6.19. The first-order valence-corrected chi connectivity index (χ1v) is 15.3. The highest BCUT2D eigenvalue weighted by molar-refractivity contribution is 7.89. The lowest BCUT2D eigenvalue weighted by atomic mass is 10.00. The lowest BCUT2D eigenvalue weighted by Gasteiger charge is -2.34. The van der Waals surface area contributed by atoms with E-state index in [1.54, 1.807) is 36.5 Å². The van der Waals surface area contributed by atoms with Crippen molar-refractivity contribution in [1.29, 1.82) is 0 Å². The number of amides is 1. The molecule has 1 fully saturated rings. The SMILES string of the molecule is CN1CCN(c2ccc(N/C(=C3\C(=O)Nc4ccc(S(=O)(=O)NCc5ccccn5)cc43)c3ccccc3)cc2)CC1. The van der Waals surface area contributed by atoms with Gasteiger partial charge in [-0.25, -0.2) is 13.1 Å². The molecule has 0 atom stereocenters. The number of hydrogen-bond acceptors (Lipinski definition) is 7. The summed E-state index contributed by atoms with van der Waals surface area (Å²) >= 11 is 0. The van der Waals surface area contributed by atoms with E-state index in [1.165, 1.54) is 6.07 Å². The Morgan fingerprint density at radius 3 is 2.36 bits per heavy atom. The van der Waals surface area contributed by atoms with Crippen LogP contribution in [-0.2, 0) is 21.4 Å². The Bertz CT molecular complexity index is 1720. The van der Waals surface area contributed by atoms with Gasteiger partial charge in [0.05, 0.1) is 28.4 Å². The van der Waals surface area contributed by atoms with Gasteiger partial charge in [0, 0.05) is 55.0 Å². The zero-order valence-corrected chi connectivity index (χ0v) is 24.1. The molecular weight excluding hydrogens is 548 g/mol. The number of rotatable bonds is 8. The molecule has 1 amide bonds. The molecule has 6 rings (SSSR count). The number of benzene rings is 3. The Morgan fingerprint density at radius 2 is 1.64 bits per heavy atom. The van der Waals surface area contributed by atoms with Crippen LogP contribution in [0.1, 0.15) is 16.8 Å². The fourth-order valence-electron chi connectivity index (χ4n) is 5.17. The van der Waals surface area contributed by atoms with Crippen molar-refractivity contribution < 1.29 is 13.2 Å². The molecule has 1 saturated heterocycles. The molecular formula is C32H32N6O3S. The fraction of sp³-hybridized carbons (Fsp3) is 0.188. The van der Waals surface area contributed by atoms with Gasteiger partial charge in [0.15, 0.2) is 0 Å². The quantitative estimate of drug-likeness (QED) is 0.268. The molecule has 0 saturated carbocycles. The summed E-state index contributed by atoms with van der Waals surface area (Å²) in [6, 6.07) is 27.8. The third kappa shape index (κ3) is 5.91. The monoisotopic (exact) mass is 580 g/mol. The van der Waals surface area contributed by atoms with Crippen LogP contribution in [0.5, 0.6) is 0 Å². The second-order valence-electron chi connectivity index (χ2n) is 10.4. The van der Waals surface area contributed by atoms with Crippen LogP contribution in [0.25, 0.3) is 11.3 Å². The summed E-state index contributed by atoms with van der Waals surface area (Å²) in [4.78, 5) is 22.3. The average Bonchev–Trinajstić information content (AvgIpc) is 3.35. The molecule has 10 heteroatoms. The number of pyridine rings is 1. The van der Waals surface area contributed by atoms with Crippen LogP contribution in [0, 0.1) is 0 Å². The Kier molecular flexibility index (Phi) is 7.75. The maximum absolute atomic E-state index is 13.4. The van der Waals surface area contributed by atoms with E-state index in [2.05, 4.69) is 49.3 Å². The maximum atomic E-state index is 13.4. The van der Waals surface area contributed by atoms with Crippen molar-refractivity contribution in [2.24, 2.45) is 0 Å². The molecule has 9 nitrogen and oxygen atoms in total. The highest BCUT2D eigenvalue weighted by atomic mass is 32.2. The number of nitrogens with one attached hydrogen (secondary N) is 3. The van der Waals surface area contributed by atoms with E-state index in [1.807, 2.05) is 42.5 Å². The molecule has 0 unspecified atom stereocenters. The van der Waals surface area contributed by atoms with E-state index in [0.717, 1.165) is 43.1 Å². The number of piperazine rings is 1. The molecule has 0 bridgehead atoms. The van der Waals surface area contributed by atoms with Crippen molar-refractivity contribution in [3.8, 4) is 0 Å². The van der Waals surface area contributed by atoms with Crippen molar-refractivity contribution in [1.82, 2.24) is 14.6 Å². The third-order valence-corrected chi connectivity index (χ3v) is 8.93. The van der Waals surface area contributed by atoms with Crippen LogP contribution < -0.4 is 20.3 Å². The molecule has 2 aliphatic rings. The van der Waals surface area contributed by atoms with Gasteiger partial charge >= 0.3 is 0 Å². The number of carbonyl (C=O) groups is 1. The number of fused-ring (bicyclic) bond motifs is 1. The number of nitrogens with zero attached hydrogens (tertiary/aromatic N) is 3. The van der Waals surface area contributed by atoms with Gasteiger partial charge in [-0.15, -0.1) is 0 Å². The summed E-state index contributed by atoms with van der Waals surface area (Å²) in [6.45, 7) is 4.05. The first kappa shape index (κ1) is 27.6. The molecule has 2 aliphatic heterocycles. The Labute approximate surface area is 245 Å². The second-order valence-corrected chi connectivity index (χ2v) is 12.2. The van der Waals surface area contributed by atoms with Crippen molar-refractivity contribution in [2.75, 3.05) is 48.8 Å². The van der Waals surface area contributed by atoms with Crippen LogP contribution in [0.2, 0.25) is 0 Å². The molecule has 3 N–H and O–H groups in total. The smallest absolute Gasteiger partial charge is 0.258 e. The Hall–Kier alpha value is -4.51. The van der Waals surface area contributed by atoms with Crippen molar-refractivity contribution in [3.63, 3.8) is 0 Å². The summed E-state index contributed by atoms with van der Waals surface area (Å²) in [5.41, 5.74) is 5.42. The van der Waals surface area contributed by atoms with Crippen molar-refractivity contribution in [2.45, 2.75) is 11.4 Å². The normalized spacial score (nSPS) is 16.6. The number of carbonyl (C=O) groups excluding carboxylic acids is 1. The topological polar surface area (TPSA) is 107 Å². The lowest BCUT2D eigenvalue weighted by Crippen LogP contribution is -2.44. The Morgan fingerprint density at radius 1 is 0.905 bits per heavy atom. The van der Waals surface area contributed by atoms with Gasteiger partial charge in [0.25, 0.3) is 5.91 Å². The molecule has 42 heavy (non-hydrogen) atoms. The van der Waals surface area contributed by atoms with E-state index in [9.17, 15) is 13.2 Å². The predicted octanol–water partition coefficient (Wildman–Crippen LogP) is 4.24. The van der Waals surface area contributed by atoms with E-state index in [0.29, 0.717) is 28.2 Å². The maximum Gasteiger partial charge on any atom is 0.258 e. The van der Waals surface area contributed by atoms with Crippen LogP contribution in [0.15, 0.2) is 102 Å². The van der Waals surface area contributed by atoms with Crippen molar-refractivity contribution in [3.05, 3.63) is 114 Å². The second kappa shape index (κ2) is 11.8. The van der Waals surface area contributed by atoms with Gasteiger partial charge in [-0.05, 0) is 67.2 Å². The molecule has 1 aromatic heterocycles. The standard InChI is InChI=1S/C32H32N6O3S/c1-37-17-19-38(20-18-37)26-12-10-24(11-13-26)35-31(23-7-3-2-4-8-23)30-28-21-27(14-15-29(28)36-32(30)39)42(40,41)34-22-25-9-5-6-16-33-25/h2-16,21,34-35H,17-20,22H2,1H3,(H,36,39)/b31-30-. The highest BCUT2D eigenvalue weighted by Crippen LogP contribution is 2.39. The average molecular weight is 581 g/mol. The molecule has 0 radical (unpaired) electrons. The number of likely N-dealkylation sites (N-methyl/N-ethyl adjacent to an activating group) is 1. The summed E-state index contributed by atoms with van der Waals surface area (Å²) in [6.07, 6.45) is 1.62. The van der Waals surface area contributed by atoms with Crippen LogP contribution >= 0.6 is 0 Å². The zero-order chi connectivity index (χ0) is 29.1. The van der Waals surface area contributed by atoms with Gasteiger partial charge in [-0.3, -0.25) is 9.78 Å². The Balaban J connectivity index is 1.34. The van der Waals surface area contributed by atoms with E-state index < -0.39 is 10.0 Å². The van der Waals surface area contributed by atoms with E-state index in [-0.39, 0.29) is 17.3 Å². The van der Waals surface area contributed by atoms with Gasteiger partial charge in [0.2, 0.25) is 10.0 Å². The molecule has 4 aromatic rings. The van der Waals surface area contributed by atoms with Gasteiger partial charge < -0.3 is 20.4 Å². The summed E-state index contributed by atoms with van der Waals surface area (Å²) in [5, 5.41) is 6.37.